The second-order valence-corrected chi connectivity index (χ2v) is 7.11. The van der Waals surface area contributed by atoms with Crippen molar-refractivity contribution in [2.45, 2.75) is 19.8 Å². The summed E-state index contributed by atoms with van der Waals surface area (Å²) >= 11 is 12.3. The highest BCUT2D eigenvalue weighted by Gasteiger charge is 2.29. The molecule has 7 nitrogen and oxygen atoms in total. The molecule has 1 aliphatic heterocycles. The Morgan fingerprint density at radius 2 is 1.81 bits per heavy atom. The Labute approximate surface area is 161 Å². The minimum atomic E-state index is -0.206. The molecule has 0 aliphatic carbocycles. The molecule has 2 heterocycles. The van der Waals surface area contributed by atoms with Crippen molar-refractivity contribution < 1.29 is 13.9 Å². The van der Waals surface area contributed by atoms with Crippen LogP contribution in [0, 0.1) is 0 Å². The fourth-order valence-electron chi connectivity index (χ4n) is 2.78. The molecule has 1 saturated heterocycles. The molecule has 0 spiro atoms. The van der Waals surface area contributed by atoms with Gasteiger partial charge < -0.3 is 19.0 Å². The topological polar surface area (TPSA) is 71.7 Å². The molecule has 0 saturated carbocycles. The van der Waals surface area contributed by atoms with Gasteiger partial charge in [-0.2, -0.15) is 0 Å². The largest absolute Gasteiger partial charge is 0.494 e. The van der Waals surface area contributed by atoms with E-state index in [1.54, 1.807) is 17.0 Å². The van der Waals surface area contributed by atoms with Gasteiger partial charge in [0.05, 0.1) is 17.2 Å². The first-order chi connectivity index (χ1) is 12.4. The molecule has 0 N–H and O–H groups in total. The van der Waals surface area contributed by atoms with Crippen molar-refractivity contribution in [2.24, 2.45) is 0 Å². The van der Waals surface area contributed by atoms with Gasteiger partial charge in [0.15, 0.2) is 5.75 Å². The lowest BCUT2D eigenvalue weighted by Gasteiger charge is -2.34. The summed E-state index contributed by atoms with van der Waals surface area (Å²) in [6.07, 6.45) is 0. The molecule has 3 rings (SSSR count). The number of methoxy groups -OCH3 is 1. The van der Waals surface area contributed by atoms with Crippen LogP contribution < -0.4 is 9.64 Å². The van der Waals surface area contributed by atoms with Gasteiger partial charge in [0.2, 0.25) is 5.89 Å². The van der Waals surface area contributed by atoms with Gasteiger partial charge in [0.1, 0.15) is 5.56 Å². The Hall–Kier alpha value is -1.99. The van der Waals surface area contributed by atoms with Crippen molar-refractivity contribution in [3.05, 3.63) is 33.6 Å². The number of aromatic nitrogens is 2. The molecular weight excluding hydrogens is 379 g/mol. The third kappa shape index (κ3) is 3.59. The van der Waals surface area contributed by atoms with Crippen molar-refractivity contribution in [2.75, 3.05) is 38.2 Å². The summed E-state index contributed by atoms with van der Waals surface area (Å²) in [4.78, 5) is 16.6. The average molecular weight is 399 g/mol. The Kier molecular flexibility index (Phi) is 5.58. The maximum Gasteiger partial charge on any atom is 0.318 e. The van der Waals surface area contributed by atoms with Gasteiger partial charge in [-0.25, -0.2) is 0 Å². The van der Waals surface area contributed by atoms with E-state index >= 15 is 0 Å². The van der Waals surface area contributed by atoms with Crippen LogP contribution in [0.25, 0.3) is 0 Å². The Morgan fingerprint density at radius 3 is 2.38 bits per heavy atom. The summed E-state index contributed by atoms with van der Waals surface area (Å²) in [6, 6.07) is 3.69. The first-order valence-electron chi connectivity index (χ1n) is 8.32. The molecule has 140 valence electrons. The average Bonchev–Trinajstić information content (AvgIpc) is 3.13. The van der Waals surface area contributed by atoms with Gasteiger partial charge in [-0.15, -0.1) is 5.10 Å². The van der Waals surface area contributed by atoms with Crippen LogP contribution in [0.4, 0.5) is 6.01 Å². The number of halogens is 2. The molecule has 1 aliphatic rings. The Balaban J connectivity index is 1.72. The predicted octanol–water partition coefficient (Wildman–Crippen LogP) is 3.47. The van der Waals surface area contributed by atoms with Crippen LogP contribution in [-0.2, 0) is 0 Å². The lowest BCUT2D eigenvalue weighted by atomic mass is 10.1. The summed E-state index contributed by atoms with van der Waals surface area (Å²) < 4.78 is 11.0. The van der Waals surface area contributed by atoms with Gasteiger partial charge in [-0.3, -0.25) is 4.79 Å². The van der Waals surface area contributed by atoms with Crippen LogP contribution in [0.3, 0.4) is 0 Å². The van der Waals surface area contributed by atoms with Crippen molar-refractivity contribution in [3.8, 4) is 5.75 Å². The predicted molar refractivity (Wildman–Crippen MR) is 99.5 cm³/mol. The third-order valence-corrected chi connectivity index (χ3v) is 4.85. The van der Waals surface area contributed by atoms with Crippen LogP contribution in [0.1, 0.15) is 36.0 Å². The molecular formula is C17H20Cl2N4O3. The van der Waals surface area contributed by atoms with E-state index < -0.39 is 0 Å². The first kappa shape index (κ1) is 18.8. The molecule has 0 atom stereocenters. The van der Waals surface area contributed by atoms with Crippen LogP contribution in [0.2, 0.25) is 10.0 Å². The van der Waals surface area contributed by atoms with Crippen molar-refractivity contribution >= 4 is 35.1 Å². The smallest absolute Gasteiger partial charge is 0.318 e. The number of amides is 1. The van der Waals surface area contributed by atoms with E-state index in [-0.39, 0.29) is 17.4 Å². The van der Waals surface area contributed by atoms with Gasteiger partial charge in [0, 0.05) is 32.1 Å². The van der Waals surface area contributed by atoms with Gasteiger partial charge in [-0.05, 0) is 12.1 Å². The highest BCUT2D eigenvalue weighted by atomic mass is 35.5. The molecule has 1 aromatic heterocycles. The summed E-state index contributed by atoms with van der Waals surface area (Å²) in [5.41, 5.74) is 0.287. The normalized spacial score (nSPS) is 14.8. The van der Waals surface area contributed by atoms with Gasteiger partial charge >= 0.3 is 6.01 Å². The van der Waals surface area contributed by atoms with Gasteiger partial charge in [-0.1, -0.05) is 42.1 Å². The highest BCUT2D eigenvalue weighted by molar-refractivity contribution is 6.37. The quantitative estimate of drug-likeness (QED) is 0.784. The molecule has 0 unspecified atom stereocenters. The third-order valence-electron chi connectivity index (χ3n) is 4.24. The summed E-state index contributed by atoms with van der Waals surface area (Å²) in [5, 5.41) is 8.81. The number of nitrogens with zero attached hydrogens (tertiary/aromatic N) is 4. The van der Waals surface area contributed by atoms with Crippen LogP contribution in [0.15, 0.2) is 16.5 Å². The van der Waals surface area contributed by atoms with Crippen LogP contribution in [0.5, 0.6) is 5.75 Å². The van der Waals surface area contributed by atoms with Gasteiger partial charge in [0.25, 0.3) is 5.91 Å². The van der Waals surface area contributed by atoms with E-state index in [2.05, 4.69) is 10.2 Å². The molecule has 0 bridgehead atoms. The van der Waals surface area contributed by atoms with E-state index in [1.807, 2.05) is 18.7 Å². The zero-order valence-electron chi connectivity index (χ0n) is 14.8. The second kappa shape index (κ2) is 7.72. The fourth-order valence-corrected chi connectivity index (χ4v) is 3.24. The lowest BCUT2D eigenvalue weighted by Crippen LogP contribution is -2.49. The number of benzene rings is 1. The van der Waals surface area contributed by atoms with E-state index in [4.69, 9.17) is 32.4 Å². The molecule has 9 heteroatoms. The number of hydrogen-bond acceptors (Lipinski definition) is 6. The Bertz CT molecular complexity index is 801. The first-order valence-corrected chi connectivity index (χ1v) is 9.07. The minimum Gasteiger partial charge on any atom is -0.494 e. The zero-order chi connectivity index (χ0) is 18.8. The van der Waals surface area contributed by atoms with Crippen molar-refractivity contribution in [1.82, 2.24) is 15.1 Å². The molecule has 1 aromatic carbocycles. The molecule has 26 heavy (non-hydrogen) atoms. The Morgan fingerprint density at radius 1 is 1.15 bits per heavy atom. The summed E-state index contributed by atoms with van der Waals surface area (Å²) in [5.74, 6) is 0.873. The molecule has 2 aromatic rings. The van der Waals surface area contributed by atoms with E-state index in [0.717, 1.165) is 0 Å². The number of hydrogen-bond donors (Lipinski definition) is 0. The van der Waals surface area contributed by atoms with Crippen molar-refractivity contribution in [1.29, 1.82) is 0 Å². The summed E-state index contributed by atoms with van der Waals surface area (Å²) in [7, 11) is 1.47. The fraction of sp³-hybridized carbons (Fsp3) is 0.471. The maximum atomic E-state index is 12.9. The number of ether oxygens (including phenoxy) is 1. The SMILES string of the molecule is COc1c(Cl)ccc(Cl)c1C(=O)N1CCN(c2nnc(C(C)C)o2)CC1. The summed E-state index contributed by atoms with van der Waals surface area (Å²) in [6.45, 7) is 6.18. The van der Waals surface area contributed by atoms with Crippen molar-refractivity contribution in [3.63, 3.8) is 0 Å². The van der Waals surface area contributed by atoms with Crippen LogP contribution >= 0.6 is 23.2 Å². The number of anilines is 1. The number of carbonyl (C=O) groups is 1. The lowest BCUT2D eigenvalue weighted by molar-refractivity contribution is 0.0741. The molecule has 0 radical (unpaired) electrons. The minimum absolute atomic E-state index is 0.177. The highest BCUT2D eigenvalue weighted by Crippen LogP contribution is 2.35. The standard InChI is InChI=1S/C17H20Cl2N4O3/c1-10(2)15-20-21-17(26-15)23-8-6-22(7-9-23)16(24)13-11(18)4-5-12(19)14(13)25-3/h4-5,10H,6-9H2,1-3H3. The van der Waals surface area contributed by atoms with E-state index in [0.29, 0.717) is 53.9 Å². The second-order valence-electron chi connectivity index (χ2n) is 6.29. The van der Waals surface area contributed by atoms with Crippen LogP contribution in [-0.4, -0.2) is 54.3 Å². The number of piperazine rings is 1. The maximum absolute atomic E-state index is 12.9. The zero-order valence-corrected chi connectivity index (χ0v) is 16.3. The number of carbonyl (C=O) groups excluding carboxylic acids is 1. The monoisotopic (exact) mass is 398 g/mol. The molecule has 1 amide bonds. The van der Waals surface area contributed by atoms with E-state index in [9.17, 15) is 4.79 Å². The molecule has 1 fully saturated rings. The number of rotatable bonds is 4. The van der Waals surface area contributed by atoms with E-state index in [1.165, 1.54) is 7.11 Å².